The summed E-state index contributed by atoms with van der Waals surface area (Å²) in [5.41, 5.74) is 2.09. The van der Waals surface area contributed by atoms with Gasteiger partial charge in [0.05, 0.1) is 23.0 Å². The van der Waals surface area contributed by atoms with Crippen LogP contribution in [0.2, 0.25) is 0 Å². The second kappa shape index (κ2) is 9.28. The number of anilines is 1. The van der Waals surface area contributed by atoms with Crippen LogP contribution in [0.4, 0.5) is 5.69 Å². The standard InChI is InChI=1S/C21H27N3O6S2/c1-15-13-19(31(26,27)23(3)4)14-20(16(15)2)22-21(25)17-5-7-18(8-6-17)32(28,29)24-9-11-30-12-10-24/h5-8,13-14H,9-12H2,1-4H3,(H,22,25). The zero-order chi connectivity index (χ0) is 23.7. The third kappa shape index (κ3) is 4.86. The molecule has 0 bridgehead atoms. The van der Waals surface area contributed by atoms with Gasteiger partial charge in [0, 0.05) is 38.4 Å². The van der Waals surface area contributed by atoms with Gasteiger partial charge in [-0.15, -0.1) is 0 Å². The summed E-state index contributed by atoms with van der Waals surface area (Å²) in [7, 11) is -4.45. The molecule has 1 heterocycles. The van der Waals surface area contributed by atoms with Gasteiger partial charge >= 0.3 is 0 Å². The van der Waals surface area contributed by atoms with Crippen molar-refractivity contribution in [3.63, 3.8) is 0 Å². The van der Waals surface area contributed by atoms with Gasteiger partial charge < -0.3 is 10.1 Å². The maximum atomic E-state index is 12.8. The third-order valence-corrected chi connectivity index (χ3v) is 9.10. The van der Waals surface area contributed by atoms with E-state index in [-0.39, 0.29) is 28.4 Å². The van der Waals surface area contributed by atoms with E-state index in [0.717, 1.165) is 15.4 Å². The molecule has 1 aliphatic rings. The lowest BCUT2D eigenvalue weighted by molar-refractivity contribution is 0.0730. The number of carbonyl (C=O) groups excluding carboxylic acids is 1. The molecule has 0 unspecified atom stereocenters. The molecule has 1 aliphatic heterocycles. The molecule has 1 fully saturated rings. The summed E-state index contributed by atoms with van der Waals surface area (Å²) >= 11 is 0. The van der Waals surface area contributed by atoms with E-state index in [9.17, 15) is 21.6 Å². The number of carbonyl (C=O) groups is 1. The summed E-state index contributed by atoms with van der Waals surface area (Å²) in [5, 5.41) is 2.74. The monoisotopic (exact) mass is 481 g/mol. The first-order chi connectivity index (χ1) is 14.9. The van der Waals surface area contributed by atoms with Crippen molar-refractivity contribution in [3.05, 3.63) is 53.1 Å². The molecule has 0 spiro atoms. The SMILES string of the molecule is Cc1cc(S(=O)(=O)N(C)C)cc(NC(=O)c2ccc(S(=O)(=O)N3CCOCC3)cc2)c1C. The van der Waals surface area contributed by atoms with Crippen molar-refractivity contribution in [1.82, 2.24) is 8.61 Å². The quantitative estimate of drug-likeness (QED) is 0.674. The van der Waals surface area contributed by atoms with E-state index in [4.69, 9.17) is 4.74 Å². The van der Waals surface area contributed by atoms with E-state index in [1.54, 1.807) is 19.9 Å². The number of aryl methyl sites for hydroxylation is 1. The first-order valence-electron chi connectivity index (χ1n) is 9.97. The highest BCUT2D eigenvalue weighted by atomic mass is 32.2. The molecule has 1 amide bonds. The molecule has 0 saturated carbocycles. The zero-order valence-electron chi connectivity index (χ0n) is 18.5. The maximum absolute atomic E-state index is 12.8. The Morgan fingerprint density at radius 1 is 0.969 bits per heavy atom. The van der Waals surface area contributed by atoms with E-state index >= 15 is 0 Å². The zero-order valence-corrected chi connectivity index (χ0v) is 20.1. The number of nitrogens with zero attached hydrogens (tertiary/aromatic N) is 2. The van der Waals surface area contributed by atoms with Crippen LogP contribution in [0, 0.1) is 13.8 Å². The first kappa shape index (κ1) is 24.3. The van der Waals surface area contributed by atoms with Gasteiger partial charge in [0.25, 0.3) is 5.91 Å². The molecule has 0 aliphatic carbocycles. The molecule has 2 aromatic carbocycles. The van der Waals surface area contributed by atoms with E-state index in [1.807, 2.05) is 0 Å². The Morgan fingerprint density at radius 2 is 1.56 bits per heavy atom. The first-order valence-corrected chi connectivity index (χ1v) is 12.9. The van der Waals surface area contributed by atoms with Crippen molar-refractivity contribution in [2.24, 2.45) is 0 Å². The Balaban J connectivity index is 1.84. The van der Waals surface area contributed by atoms with Gasteiger partial charge in [0.1, 0.15) is 0 Å². The molecule has 1 N–H and O–H groups in total. The van der Waals surface area contributed by atoms with Gasteiger partial charge in [-0.3, -0.25) is 4.79 Å². The summed E-state index contributed by atoms with van der Waals surface area (Å²) in [5.74, 6) is -0.470. The molecule has 0 atom stereocenters. The molecule has 2 aromatic rings. The summed E-state index contributed by atoms with van der Waals surface area (Å²) in [6.07, 6.45) is 0. The van der Waals surface area contributed by atoms with Crippen molar-refractivity contribution >= 4 is 31.6 Å². The highest BCUT2D eigenvalue weighted by Gasteiger charge is 2.26. The van der Waals surface area contributed by atoms with Crippen LogP contribution in [0.3, 0.4) is 0 Å². The predicted octanol–water partition coefficient (Wildman–Crippen LogP) is 1.83. The Morgan fingerprint density at radius 3 is 2.12 bits per heavy atom. The second-order valence-electron chi connectivity index (χ2n) is 7.70. The number of benzene rings is 2. The fraction of sp³-hybridized carbons (Fsp3) is 0.381. The van der Waals surface area contributed by atoms with Crippen molar-refractivity contribution in [1.29, 1.82) is 0 Å². The molecule has 32 heavy (non-hydrogen) atoms. The van der Waals surface area contributed by atoms with Crippen LogP contribution in [0.1, 0.15) is 21.5 Å². The minimum Gasteiger partial charge on any atom is -0.379 e. The second-order valence-corrected chi connectivity index (χ2v) is 11.8. The van der Waals surface area contributed by atoms with Gasteiger partial charge in [0.15, 0.2) is 0 Å². The van der Waals surface area contributed by atoms with Crippen LogP contribution in [0.5, 0.6) is 0 Å². The van der Waals surface area contributed by atoms with Crippen LogP contribution in [-0.4, -0.2) is 71.8 Å². The van der Waals surface area contributed by atoms with Crippen LogP contribution < -0.4 is 5.32 Å². The summed E-state index contributed by atoms with van der Waals surface area (Å²) in [6, 6.07) is 8.64. The number of hydrogen-bond acceptors (Lipinski definition) is 6. The minimum absolute atomic E-state index is 0.0767. The van der Waals surface area contributed by atoms with Gasteiger partial charge in [-0.25, -0.2) is 21.1 Å². The van der Waals surface area contributed by atoms with Crippen LogP contribution in [0.25, 0.3) is 0 Å². The number of ether oxygens (including phenoxy) is 1. The number of rotatable bonds is 6. The predicted molar refractivity (Wildman–Crippen MR) is 121 cm³/mol. The third-order valence-electron chi connectivity index (χ3n) is 5.39. The molecule has 3 rings (SSSR count). The van der Waals surface area contributed by atoms with Crippen molar-refractivity contribution < 1.29 is 26.4 Å². The van der Waals surface area contributed by atoms with Crippen molar-refractivity contribution in [2.75, 3.05) is 45.7 Å². The topological polar surface area (TPSA) is 113 Å². The molecule has 9 nitrogen and oxygen atoms in total. The summed E-state index contributed by atoms with van der Waals surface area (Å²) in [6.45, 7) is 4.83. The van der Waals surface area contributed by atoms with E-state index in [0.29, 0.717) is 18.9 Å². The Labute approximate surface area is 189 Å². The molecule has 11 heteroatoms. The molecule has 1 saturated heterocycles. The highest BCUT2D eigenvalue weighted by Crippen LogP contribution is 2.26. The van der Waals surface area contributed by atoms with Crippen LogP contribution >= 0.6 is 0 Å². The molecular weight excluding hydrogens is 454 g/mol. The maximum Gasteiger partial charge on any atom is 0.255 e. The minimum atomic E-state index is -3.67. The number of nitrogens with one attached hydrogen (secondary N) is 1. The fourth-order valence-electron chi connectivity index (χ4n) is 3.22. The number of amides is 1. The van der Waals surface area contributed by atoms with Gasteiger partial charge in [-0.1, -0.05) is 0 Å². The Bertz CT molecular complexity index is 1220. The van der Waals surface area contributed by atoms with Gasteiger partial charge in [-0.05, 0) is 61.4 Å². The summed E-state index contributed by atoms with van der Waals surface area (Å²) in [4.78, 5) is 13.0. The lowest BCUT2D eigenvalue weighted by Gasteiger charge is -2.26. The van der Waals surface area contributed by atoms with Crippen molar-refractivity contribution in [2.45, 2.75) is 23.6 Å². The smallest absolute Gasteiger partial charge is 0.255 e. The average molecular weight is 482 g/mol. The largest absolute Gasteiger partial charge is 0.379 e. The van der Waals surface area contributed by atoms with E-state index in [2.05, 4.69) is 5.32 Å². The van der Waals surface area contributed by atoms with E-state index in [1.165, 1.54) is 48.7 Å². The fourth-order valence-corrected chi connectivity index (χ4v) is 5.65. The Hall–Kier alpha value is -2.31. The summed E-state index contributed by atoms with van der Waals surface area (Å²) < 4.78 is 58.2. The lowest BCUT2D eigenvalue weighted by atomic mass is 10.1. The van der Waals surface area contributed by atoms with Crippen LogP contribution in [-0.2, 0) is 24.8 Å². The number of sulfonamides is 2. The van der Waals surface area contributed by atoms with Crippen molar-refractivity contribution in [3.8, 4) is 0 Å². The molecule has 174 valence electrons. The van der Waals surface area contributed by atoms with Gasteiger partial charge in [0.2, 0.25) is 20.0 Å². The van der Waals surface area contributed by atoms with Gasteiger partial charge in [-0.2, -0.15) is 4.31 Å². The highest BCUT2D eigenvalue weighted by molar-refractivity contribution is 7.89. The Kier molecular flexibility index (Phi) is 7.06. The number of hydrogen-bond donors (Lipinski definition) is 1. The normalized spacial score (nSPS) is 15.7. The molecular formula is C21H27N3O6S2. The number of morpholine rings is 1. The average Bonchev–Trinajstić information content (AvgIpc) is 2.77. The lowest BCUT2D eigenvalue weighted by Crippen LogP contribution is -2.40. The molecule has 0 aromatic heterocycles. The van der Waals surface area contributed by atoms with Crippen LogP contribution in [0.15, 0.2) is 46.2 Å². The van der Waals surface area contributed by atoms with E-state index < -0.39 is 26.0 Å². The molecule has 0 radical (unpaired) electrons.